The van der Waals surface area contributed by atoms with Gasteiger partial charge in [0.05, 0.1) is 10.0 Å². The molecular formula is C23H25Cl2N5O. The molecule has 3 aromatic rings. The minimum atomic E-state index is -0.140. The number of fused-ring (bicyclic) bond motifs is 1. The normalized spacial score (nSPS) is 18.8. The van der Waals surface area contributed by atoms with E-state index < -0.39 is 0 Å². The van der Waals surface area contributed by atoms with Gasteiger partial charge in [-0.1, -0.05) is 47.5 Å². The molecule has 0 spiro atoms. The standard InChI is InChI=1S/C23H25Cl2N5O/c24-18-3-1-2-15(21(18)25)12-30-19-11-14(22(27)28)5-4-13(19)10-20(30)23(31)29-17-8-6-16(26)7-9-17/h1-5,10-11,16-17H,6-9,12,26H2,(H3,27,28)(H,29,31)/t16-,17-. The number of hydrogen-bond acceptors (Lipinski definition) is 3. The van der Waals surface area contributed by atoms with Crippen LogP contribution in [0.25, 0.3) is 10.9 Å². The van der Waals surface area contributed by atoms with E-state index in [1.807, 2.05) is 34.9 Å². The van der Waals surface area contributed by atoms with Gasteiger partial charge in [-0.2, -0.15) is 0 Å². The third-order valence-corrected chi connectivity index (χ3v) is 6.77. The number of amides is 1. The number of carbonyl (C=O) groups excluding carboxylic acids is 1. The predicted octanol–water partition coefficient (Wildman–Crippen LogP) is 4.28. The first-order valence-electron chi connectivity index (χ1n) is 10.3. The summed E-state index contributed by atoms with van der Waals surface area (Å²) >= 11 is 12.6. The number of rotatable bonds is 5. The zero-order valence-corrected chi connectivity index (χ0v) is 18.5. The van der Waals surface area contributed by atoms with Crippen molar-refractivity contribution in [3.63, 3.8) is 0 Å². The summed E-state index contributed by atoms with van der Waals surface area (Å²) in [6, 6.07) is 13.1. The van der Waals surface area contributed by atoms with Crippen LogP contribution in [0.4, 0.5) is 0 Å². The molecule has 2 aromatic carbocycles. The molecule has 31 heavy (non-hydrogen) atoms. The summed E-state index contributed by atoms with van der Waals surface area (Å²) in [5, 5.41) is 12.8. The molecule has 1 saturated carbocycles. The van der Waals surface area contributed by atoms with Crippen LogP contribution in [0, 0.1) is 5.41 Å². The minimum Gasteiger partial charge on any atom is -0.384 e. The zero-order valence-electron chi connectivity index (χ0n) is 17.0. The number of aromatic nitrogens is 1. The first kappa shape index (κ1) is 21.7. The van der Waals surface area contributed by atoms with E-state index in [0.717, 1.165) is 42.1 Å². The smallest absolute Gasteiger partial charge is 0.268 e. The number of halogens is 2. The van der Waals surface area contributed by atoms with Crippen molar-refractivity contribution in [2.24, 2.45) is 11.5 Å². The van der Waals surface area contributed by atoms with Gasteiger partial charge in [-0.25, -0.2) is 0 Å². The molecule has 1 aliphatic carbocycles. The van der Waals surface area contributed by atoms with Crippen molar-refractivity contribution in [1.82, 2.24) is 9.88 Å². The second kappa shape index (κ2) is 8.91. The first-order valence-corrected chi connectivity index (χ1v) is 11.1. The molecule has 4 rings (SSSR count). The molecule has 1 fully saturated rings. The van der Waals surface area contributed by atoms with Gasteiger partial charge >= 0.3 is 0 Å². The van der Waals surface area contributed by atoms with E-state index in [4.69, 9.17) is 40.1 Å². The highest BCUT2D eigenvalue weighted by Crippen LogP contribution is 2.29. The number of benzene rings is 2. The lowest BCUT2D eigenvalue weighted by molar-refractivity contribution is 0.0917. The average molecular weight is 458 g/mol. The number of nitrogens with zero attached hydrogens (tertiary/aromatic N) is 1. The van der Waals surface area contributed by atoms with E-state index >= 15 is 0 Å². The van der Waals surface area contributed by atoms with Crippen LogP contribution in [0.1, 0.15) is 47.3 Å². The van der Waals surface area contributed by atoms with Crippen molar-refractivity contribution in [3.8, 4) is 0 Å². The predicted molar refractivity (Wildman–Crippen MR) is 126 cm³/mol. The van der Waals surface area contributed by atoms with Gasteiger partial charge < -0.3 is 21.4 Å². The molecule has 0 radical (unpaired) electrons. The Kier molecular flexibility index (Phi) is 6.23. The van der Waals surface area contributed by atoms with Crippen molar-refractivity contribution >= 4 is 45.8 Å². The number of amidine groups is 1. The van der Waals surface area contributed by atoms with Gasteiger partial charge in [-0.05, 0) is 49.4 Å². The molecule has 6 nitrogen and oxygen atoms in total. The monoisotopic (exact) mass is 457 g/mol. The molecule has 0 bridgehead atoms. The molecule has 0 unspecified atom stereocenters. The molecular weight excluding hydrogens is 433 g/mol. The fourth-order valence-corrected chi connectivity index (χ4v) is 4.52. The highest BCUT2D eigenvalue weighted by molar-refractivity contribution is 6.42. The average Bonchev–Trinajstić information content (AvgIpc) is 3.11. The highest BCUT2D eigenvalue weighted by Gasteiger charge is 2.23. The number of nitrogen functional groups attached to an aromatic ring is 1. The third-order valence-electron chi connectivity index (χ3n) is 5.91. The minimum absolute atomic E-state index is 0.0278. The second-order valence-corrected chi connectivity index (χ2v) is 8.89. The van der Waals surface area contributed by atoms with Crippen LogP contribution in [-0.4, -0.2) is 28.4 Å². The van der Waals surface area contributed by atoms with Gasteiger partial charge in [0.15, 0.2) is 0 Å². The first-order chi connectivity index (χ1) is 14.8. The third kappa shape index (κ3) is 4.56. The van der Waals surface area contributed by atoms with Crippen LogP contribution in [0.5, 0.6) is 0 Å². The van der Waals surface area contributed by atoms with Crippen molar-refractivity contribution in [2.45, 2.75) is 44.3 Å². The van der Waals surface area contributed by atoms with Crippen LogP contribution < -0.4 is 16.8 Å². The van der Waals surface area contributed by atoms with Crippen molar-refractivity contribution in [1.29, 1.82) is 5.41 Å². The topological polar surface area (TPSA) is 110 Å². The maximum Gasteiger partial charge on any atom is 0.268 e. The summed E-state index contributed by atoms with van der Waals surface area (Å²) in [5.41, 5.74) is 14.4. The molecule has 1 aromatic heterocycles. The fraction of sp³-hybridized carbons (Fsp3) is 0.304. The van der Waals surface area contributed by atoms with Gasteiger partial charge in [0.25, 0.3) is 5.91 Å². The van der Waals surface area contributed by atoms with Crippen LogP contribution >= 0.6 is 23.2 Å². The molecule has 0 saturated heterocycles. The van der Waals surface area contributed by atoms with Gasteiger partial charge in [0.2, 0.25) is 0 Å². The fourth-order valence-electron chi connectivity index (χ4n) is 4.14. The number of hydrogen-bond donors (Lipinski definition) is 4. The van der Waals surface area contributed by atoms with Gasteiger partial charge in [-0.3, -0.25) is 10.2 Å². The van der Waals surface area contributed by atoms with E-state index in [1.54, 1.807) is 12.1 Å². The van der Waals surface area contributed by atoms with Crippen LogP contribution in [-0.2, 0) is 6.54 Å². The van der Waals surface area contributed by atoms with E-state index in [2.05, 4.69) is 5.32 Å². The zero-order chi connectivity index (χ0) is 22.1. The van der Waals surface area contributed by atoms with Gasteiger partial charge in [-0.15, -0.1) is 0 Å². The maximum absolute atomic E-state index is 13.3. The van der Waals surface area contributed by atoms with E-state index in [1.165, 1.54) is 0 Å². The summed E-state index contributed by atoms with van der Waals surface area (Å²) in [4.78, 5) is 13.3. The second-order valence-electron chi connectivity index (χ2n) is 8.10. The molecule has 0 aliphatic heterocycles. The quantitative estimate of drug-likeness (QED) is 0.338. The highest BCUT2D eigenvalue weighted by atomic mass is 35.5. The summed E-state index contributed by atoms with van der Waals surface area (Å²) in [6.45, 7) is 0.364. The molecule has 1 aliphatic rings. The van der Waals surface area contributed by atoms with Crippen molar-refractivity contribution in [2.75, 3.05) is 0 Å². The summed E-state index contributed by atoms with van der Waals surface area (Å²) in [5.74, 6) is -0.167. The Labute approximate surface area is 191 Å². The van der Waals surface area contributed by atoms with Crippen LogP contribution in [0.15, 0.2) is 42.5 Å². The molecule has 1 amide bonds. The molecule has 8 heteroatoms. The Morgan fingerprint density at radius 3 is 2.58 bits per heavy atom. The van der Waals surface area contributed by atoms with Crippen molar-refractivity contribution < 1.29 is 4.79 Å². The number of nitrogens with one attached hydrogen (secondary N) is 2. The SMILES string of the molecule is N=C(N)c1ccc2cc(C(=O)N[C@H]3CC[C@H](N)CC3)n(Cc3cccc(Cl)c3Cl)c2c1. The number of carbonyl (C=O) groups is 1. The Morgan fingerprint density at radius 1 is 1.13 bits per heavy atom. The lowest BCUT2D eigenvalue weighted by Gasteiger charge is -2.27. The Balaban J connectivity index is 1.74. The van der Waals surface area contributed by atoms with E-state index in [0.29, 0.717) is 27.8 Å². The molecule has 1 heterocycles. The van der Waals surface area contributed by atoms with E-state index in [-0.39, 0.29) is 23.8 Å². The Hall–Kier alpha value is -2.54. The Morgan fingerprint density at radius 2 is 1.87 bits per heavy atom. The van der Waals surface area contributed by atoms with Crippen molar-refractivity contribution in [3.05, 3.63) is 69.3 Å². The maximum atomic E-state index is 13.3. The summed E-state index contributed by atoms with van der Waals surface area (Å²) < 4.78 is 1.91. The lowest BCUT2D eigenvalue weighted by Crippen LogP contribution is -2.41. The van der Waals surface area contributed by atoms with Gasteiger partial charge in [0.1, 0.15) is 11.5 Å². The van der Waals surface area contributed by atoms with Gasteiger partial charge in [0, 0.05) is 35.1 Å². The number of nitrogens with two attached hydrogens (primary N) is 2. The largest absolute Gasteiger partial charge is 0.384 e. The molecule has 6 N–H and O–H groups in total. The summed E-state index contributed by atoms with van der Waals surface area (Å²) in [7, 11) is 0. The molecule has 0 atom stereocenters. The Bertz CT molecular complexity index is 1150. The van der Waals surface area contributed by atoms with Crippen LogP contribution in [0.3, 0.4) is 0 Å². The van der Waals surface area contributed by atoms with Crippen LogP contribution in [0.2, 0.25) is 10.0 Å². The molecule has 162 valence electrons. The van der Waals surface area contributed by atoms with E-state index in [9.17, 15) is 4.79 Å². The summed E-state index contributed by atoms with van der Waals surface area (Å²) in [6.07, 6.45) is 3.57. The lowest BCUT2D eigenvalue weighted by atomic mass is 9.92.